The van der Waals surface area contributed by atoms with Gasteiger partial charge in [0.2, 0.25) is 0 Å². The Morgan fingerprint density at radius 1 is 1.33 bits per heavy atom. The molecule has 1 N–H and O–H groups in total. The Balaban J connectivity index is 3.78. The maximum atomic E-state index is 9.27. The molecule has 0 heterocycles. The minimum Gasteiger partial charge on any atom is -0.381 e. The van der Waals surface area contributed by atoms with Crippen LogP contribution in [0.25, 0.3) is 0 Å². The summed E-state index contributed by atoms with van der Waals surface area (Å²) in [5.74, 6) is 0.649. The fourth-order valence-corrected chi connectivity index (χ4v) is 2.24. The summed E-state index contributed by atoms with van der Waals surface area (Å²) in [6, 6.07) is 2.42. The molecule has 0 amide bonds. The van der Waals surface area contributed by atoms with Crippen LogP contribution in [0.15, 0.2) is 0 Å². The van der Waals surface area contributed by atoms with Crippen molar-refractivity contribution in [3.8, 4) is 6.07 Å². The van der Waals surface area contributed by atoms with Crippen LogP contribution in [0.5, 0.6) is 0 Å². The highest BCUT2D eigenvalue weighted by atomic mass is 16.5. The molecular formula is C15H30N2O. The lowest BCUT2D eigenvalue weighted by Gasteiger charge is -2.26. The third-order valence-electron chi connectivity index (χ3n) is 3.41. The number of ether oxygens (including phenoxy) is 1. The van der Waals surface area contributed by atoms with Crippen LogP contribution in [0.1, 0.15) is 59.8 Å². The molecule has 0 aliphatic heterocycles. The van der Waals surface area contributed by atoms with E-state index in [1.165, 1.54) is 12.8 Å². The second kappa shape index (κ2) is 10.3. The van der Waals surface area contributed by atoms with Crippen LogP contribution >= 0.6 is 0 Å². The molecule has 0 rings (SSSR count). The molecule has 0 aromatic carbocycles. The molecule has 106 valence electrons. The largest absolute Gasteiger partial charge is 0.381 e. The van der Waals surface area contributed by atoms with Gasteiger partial charge in [0.15, 0.2) is 0 Å². The van der Waals surface area contributed by atoms with Gasteiger partial charge in [0, 0.05) is 13.2 Å². The van der Waals surface area contributed by atoms with Crippen molar-refractivity contribution in [2.45, 2.75) is 65.3 Å². The van der Waals surface area contributed by atoms with Gasteiger partial charge in [-0.15, -0.1) is 0 Å². The number of nitriles is 1. The molecule has 2 unspecified atom stereocenters. The van der Waals surface area contributed by atoms with E-state index in [1.807, 2.05) is 6.92 Å². The Hall–Kier alpha value is -0.590. The number of nitrogens with one attached hydrogen (secondary N) is 1. The van der Waals surface area contributed by atoms with E-state index in [2.05, 4.69) is 32.2 Å². The van der Waals surface area contributed by atoms with Gasteiger partial charge >= 0.3 is 0 Å². The maximum Gasteiger partial charge on any atom is 0.106 e. The topological polar surface area (TPSA) is 45.0 Å². The number of hydrogen-bond donors (Lipinski definition) is 1. The highest BCUT2D eigenvalue weighted by molar-refractivity contribution is 5.05. The monoisotopic (exact) mass is 254 g/mol. The average molecular weight is 254 g/mol. The fourth-order valence-electron chi connectivity index (χ4n) is 2.24. The van der Waals surface area contributed by atoms with Crippen LogP contribution in [0.4, 0.5) is 0 Å². The van der Waals surface area contributed by atoms with Crippen LogP contribution in [0.2, 0.25) is 0 Å². The minimum absolute atomic E-state index is 0.354. The molecule has 0 aromatic heterocycles. The number of nitrogens with zero attached hydrogens (tertiary/aromatic N) is 1. The van der Waals surface area contributed by atoms with E-state index in [0.717, 1.165) is 39.0 Å². The van der Waals surface area contributed by atoms with Gasteiger partial charge < -0.3 is 4.74 Å². The predicted molar refractivity (Wildman–Crippen MR) is 76.4 cm³/mol. The SMILES string of the molecule is CCCC(C)COCCCC(C#N)(CC)NCC. The molecule has 0 aliphatic rings. The third-order valence-corrected chi connectivity index (χ3v) is 3.41. The van der Waals surface area contributed by atoms with Gasteiger partial charge in [-0.05, 0) is 38.1 Å². The maximum absolute atomic E-state index is 9.27. The number of rotatable bonds is 11. The van der Waals surface area contributed by atoms with E-state index in [1.54, 1.807) is 0 Å². The van der Waals surface area contributed by atoms with Crippen LogP contribution in [0.3, 0.4) is 0 Å². The molecule has 3 heteroatoms. The van der Waals surface area contributed by atoms with E-state index in [4.69, 9.17) is 4.74 Å². The molecule has 0 saturated carbocycles. The number of hydrogen-bond acceptors (Lipinski definition) is 3. The third kappa shape index (κ3) is 6.98. The van der Waals surface area contributed by atoms with Gasteiger partial charge in [0.25, 0.3) is 0 Å². The van der Waals surface area contributed by atoms with Crippen molar-refractivity contribution in [3.05, 3.63) is 0 Å². The van der Waals surface area contributed by atoms with Gasteiger partial charge in [-0.2, -0.15) is 5.26 Å². The normalized spacial score (nSPS) is 15.9. The first-order valence-electron chi connectivity index (χ1n) is 7.38. The minimum atomic E-state index is -0.354. The summed E-state index contributed by atoms with van der Waals surface area (Å²) in [5.41, 5.74) is -0.354. The second-order valence-electron chi connectivity index (χ2n) is 5.15. The zero-order valence-electron chi connectivity index (χ0n) is 12.6. The average Bonchev–Trinajstić information content (AvgIpc) is 2.37. The summed E-state index contributed by atoms with van der Waals surface area (Å²) >= 11 is 0. The fraction of sp³-hybridized carbons (Fsp3) is 0.933. The molecule has 0 fully saturated rings. The first-order valence-corrected chi connectivity index (χ1v) is 7.38. The quantitative estimate of drug-likeness (QED) is 0.574. The van der Waals surface area contributed by atoms with Crippen molar-refractivity contribution in [3.63, 3.8) is 0 Å². The summed E-state index contributed by atoms with van der Waals surface area (Å²) < 4.78 is 5.67. The highest BCUT2D eigenvalue weighted by Gasteiger charge is 2.25. The molecule has 0 radical (unpaired) electrons. The Kier molecular flexibility index (Phi) is 10.0. The molecule has 0 bridgehead atoms. The standard InChI is InChI=1S/C15H30N2O/c1-5-9-14(4)12-18-11-8-10-15(6-2,13-16)17-7-3/h14,17H,5-12H2,1-4H3. The van der Waals surface area contributed by atoms with Crippen molar-refractivity contribution in [2.24, 2.45) is 5.92 Å². The second-order valence-corrected chi connectivity index (χ2v) is 5.15. The van der Waals surface area contributed by atoms with Crippen molar-refractivity contribution in [1.29, 1.82) is 5.26 Å². The Bertz CT molecular complexity index is 237. The summed E-state index contributed by atoms with van der Waals surface area (Å²) in [6.07, 6.45) is 5.12. The van der Waals surface area contributed by atoms with Crippen LogP contribution in [0, 0.1) is 17.2 Å². The predicted octanol–water partition coefficient (Wildman–Crippen LogP) is 3.50. The summed E-state index contributed by atoms with van der Waals surface area (Å²) in [7, 11) is 0. The summed E-state index contributed by atoms with van der Waals surface area (Å²) in [5, 5.41) is 12.6. The molecule has 3 nitrogen and oxygen atoms in total. The smallest absolute Gasteiger partial charge is 0.106 e. The molecule has 0 spiro atoms. The molecule has 0 aliphatic carbocycles. The van der Waals surface area contributed by atoms with Gasteiger partial charge in [0.05, 0.1) is 6.07 Å². The van der Waals surface area contributed by atoms with Gasteiger partial charge in [-0.25, -0.2) is 0 Å². The van der Waals surface area contributed by atoms with Gasteiger partial charge in [0.1, 0.15) is 5.54 Å². The molecule has 2 atom stereocenters. The van der Waals surface area contributed by atoms with E-state index >= 15 is 0 Å². The van der Waals surface area contributed by atoms with Gasteiger partial charge in [-0.3, -0.25) is 5.32 Å². The van der Waals surface area contributed by atoms with Crippen molar-refractivity contribution in [1.82, 2.24) is 5.32 Å². The van der Waals surface area contributed by atoms with E-state index in [9.17, 15) is 5.26 Å². The molecule has 0 saturated heterocycles. The molecule has 18 heavy (non-hydrogen) atoms. The summed E-state index contributed by atoms with van der Waals surface area (Å²) in [4.78, 5) is 0. The first kappa shape index (κ1) is 17.4. The van der Waals surface area contributed by atoms with Crippen LogP contribution < -0.4 is 5.32 Å². The first-order chi connectivity index (χ1) is 8.64. The van der Waals surface area contributed by atoms with Crippen molar-refractivity contribution >= 4 is 0 Å². The molecule has 0 aromatic rings. The molecular weight excluding hydrogens is 224 g/mol. The van der Waals surface area contributed by atoms with Crippen molar-refractivity contribution in [2.75, 3.05) is 19.8 Å². The van der Waals surface area contributed by atoms with Gasteiger partial charge in [-0.1, -0.05) is 34.1 Å². The zero-order chi connectivity index (χ0) is 13.9. The van der Waals surface area contributed by atoms with E-state index in [-0.39, 0.29) is 5.54 Å². The van der Waals surface area contributed by atoms with Crippen molar-refractivity contribution < 1.29 is 4.74 Å². The lowest BCUT2D eigenvalue weighted by atomic mass is 9.92. The lowest BCUT2D eigenvalue weighted by Crippen LogP contribution is -2.43. The summed E-state index contributed by atoms with van der Waals surface area (Å²) in [6.45, 7) is 11.0. The lowest BCUT2D eigenvalue weighted by molar-refractivity contribution is 0.0949. The Morgan fingerprint density at radius 2 is 2.06 bits per heavy atom. The van der Waals surface area contributed by atoms with E-state index in [0.29, 0.717) is 5.92 Å². The van der Waals surface area contributed by atoms with Crippen LogP contribution in [-0.4, -0.2) is 25.3 Å². The van der Waals surface area contributed by atoms with E-state index < -0.39 is 0 Å². The van der Waals surface area contributed by atoms with Crippen LogP contribution in [-0.2, 0) is 4.74 Å². The Morgan fingerprint density at radius 3 is 2.56 bits per heavy atom. The Labute approximate surface area is 113 Å². The zero-order valence-corrected chi connectivity index (χ0v) is 12.6. The highest BCUT2D eigenvalue weighted by Crippen LogP contribution is 2.16.